The van der Waals surface area contributed by atoms with Crippen molar-refractivity contribution in [3.05, 3.63) is 60.2 Å². The second-order valence-electron chi connectivity index (χ2n) is 3.88. The van der Waals surface area contributed by atoms with Gasteiger partial charge in [-0.25, -0.2) is 4.39 Å². The Morgan fingerprint density at radius 2 is 1.89 bits per heavy atom. The summed E-state index contributed by atoms with van der Waals surface area (Å²) >= 11 is 0. The molecule has 0 atom stereocenters. The van der Waals surface area contributed by atoms with Gasteiger partial charge in [-0.3, -0.25) is 9.78 Å². The molecule has 1 N–H and O–H groups in total. The zero-order chi connectivity index (χ0) is 12.8. The van der Waals surface area contributed by atoms with E-state index >= 15 is 0 Å². The predicted octanol–water partition coefficient (Wildman–Crippen LogP) is 2.79. The van der Waals surface area contributed by atoms with E-state index in [0.717, 1.165) is 0 Å². The van der Waals surface area contributed by atoms with Crippen molar-refractivity contribution in [3.8, 4) is 0 Å². The molecular formula is C14H13FN2O. The van der Waals surface area contributed by atoms with Gasteiger partial charge >= 0.3 is 0 Å². The molecule has 1 heterocycles. The summed E-state index contributed by atoms with van der Waals surface area (Å²) in [7, 11) is 0. The summed E-state index contributed by atoms with van der Waals surface area (Å²) in [6.45, 7) is 0. The van der Waals surface area contributed by atoms with Crippen molar-refractivity contribution < 1.29 is 9.18 Å². The third-order valence-corrected chi connectivity index (χ3v) is 2.54. The first-order valence-corrected chi connectivity index (χ1v) is 5.69. The van der Waals surface area contributed by atoms with E-state index in [4.69, 9.17) is 0 Å². The largest absolute Gasteiger partial charge is 0.326 e. The zero-order valence-electron chi connectivity index (χ0n) is 9.77. The van der Waals surface area contributed by atoms with Gasteiger partial charge in [0, 0.05) is 24.5 Å². The number of rotatable bonds is 4. The van der Waals surface area contributed by atoms with Gasteiger partial charge in [0.1, 0.15) is 5.82 Å². The van der Waals surface area contributed by atoms with Crippen molar-refractivity contribution in [1.82, 2.24) is 4.98 Å². The molecule has 2 aromatic rings. The van der Waals surface area contributed by atoms with Crippen LogP contribution in [0, 0.1) is 5.82 Å². The molecule has 0 fully saturated rings. The molecule has 0 unspecified atom stereocenters. The Bertz CT molecular complexity index is 528. The van der Waals surface area contributed by atoms with E-state index in [1.54, 1.807) is 42.7 Å². The number of hydrogen-bond donors (Lipinski definition) is 1. The van der Waals surface area contributed by atoms with Gasteiger partial charge in [-0.15, -0.1) is 0 Å². The third kappa shape index (κ3) is 3.38. The van der Waals surface area contributed by atoms with Gasteiger partial charge in [0.25, 0.3) is 0 Å². The minimum atomic E-state index is -0.269. The molecule has 1 aromatic heterocycles. The maximum Gasteiger partial charge on any atom is 0.224 e. The van der Waals surface area contributed by atoms with Crippen LogP contribution in [0.1, 0.15) is 12.0 Å². The number of benzene rings is 1. The van der Waals surface area contributed by atoms with Crippen molar-refractivity contribution in [3.63, 3.8) is 0 Å². The van der Waals surface area contributed by atoms with Gasteiger partial charge in [0.05, 0.1) is 0 Å². The number of hydrogen-bond acceptors (Lipinski definition) is 2. The monoisotopic (exact) mass is 244 g/mol. The van der Waals surface area contributed by atoms with E-state index in [2.05, 4.69) is 10.3 Å². The number of aryl methyl sites for hydroxylation is 1. The maximum absolute atomic E-state index is 13.3. The van der Waals surface area contributed by atoms with E-state index in [-0.39, 0.29) is 18.1 Å². The molecular weight excluding hydrogens is 231 g/mol. The molecule has 0 aliphatic heterocycles. The first kappa shape index (κ1) is 12.2. The molecule has 92 valence electrons. The number of anilines is 1. The summed E-state index contributed by atoms with van der Waals surface area (Å²) in [5, 5.41) is 2.73. The van der Waals surface area contributed by atoms with Gasteiger partial charge in [0.15, 0.2) is 0 Å². The highest BCUT2D eigenvalue weighted by Gasteiger charge is 2.05. The average Bonchev–Trinajstić information content (AvgIpc) is 2.39. The highest BCUT2D eigenvalue weighted by molar-refractivity contribution is 5.90. The molecule has 18 heavy (non-hydrogen) atoms. The Balaban J connectivity index is 1.88. The summed E-state index contributed by atoms with van der Waals surface area (Å²) in [4.78, 5) is 15.5. The molecule has 0 bridgehead atoms. The lowest BCUT2D eigenvalue weighted by molar-refractivity contribution is -0.116. The molecule has 2 rings (SSSR count). The summed E-state index contributed by atoms with van der Waals surface area (Å²) in [5.41, 5.74) is 1.26. The van der Waals surface area contributed by atoms with Crippen molar-refractivity contribution in [1.29, 1.82) is 0 Å². The zero-order valence-corrected chi connectivity index (χ0v) is 9.77. The van der Waals surface area contributed by atoms with Crippen molar-refractivity contribution in [2.75, 3.05) is 5.32 Å². The topological polar surface area (TPSA) is 42.0 Å². The van der Waals surface area contributed by atoms with Crippen LogP contribution >= 0.6 is 0 Å². The Morgan fingerprint density at radius 1 is 1.17 bits per heavy atom. The second-order valence-corrected chi connectivity index (χ2v) is 3.88. The predicted molar refractivity (Wildman–Crippen MR) is 67.6 cm³/mol. The molecule has 0 saturated heterocycles. The fourth-order valence-electron chi connectivity index (χ4n) is 1.61. The van der Waals surface area contributed by atoms with E-state index in [9.17, 15) is 9.18 Å². The molecule has 0 spiro atoms. The van der Waals surface area contributed by atoms with Crippen LogP contribution in [0.2, 0.25) is 0 Å². The SMILES string of the molecule is O=C(CCc1ccccc1F)Nc1ccncc1. The highest BCUT2D eigenvalue weighted by atomic mass is 19.1. The van der Waals surface area contributed by atoms with Gasteiger partial charge < -0.3 is 5.32 Å². The number of nitrogens with zero attached hydrogens (tertiary/aromatic N) is 1. The Kier molecular flexibility index (Phi) is 4.02. The Morgan fingerprint density at radius 3 is 2.61 bits per heavy atom. The number of halogens is 1. The number of amides is 1. The minimum Gasteiger partial charge on any atom is -0.326 e. The lowest BCUT2D eigenvalue weighted by Gasteiger charge is -2.05. The molecule has 0 saturated carbocycles. The maximum atomic E-state index is 13.3. The van der Waals surface area contributed by atoms with Gasteiger partial charge in [-0.2, -0.15) is 0 Å². The van der Waals surface area contributed by atoms with Crippen LogP contribution in [0.25, 0.3) is 0 Å². The van der Waals surface area contributed by atoms with Crippen LogP contribution in [-0.2, 0) is 11.2 Å². The second kappa shape index (κ2) is 5.91. The van der Waals surface area contributed by atoms with Gasteiger partial charge in [-0.05, 0) is 30.2 Å². The molecule has 0 aliphatic carbocycles. The average molecular weight is 244 g/mol. The number of pyridine rings is 1. The van der Waals surface area contributed by atoms with Crippen molar-refractivity contribution in [2.45, 2.75) is 12.8 Å². The van der Waals surface area contributed by atoms with Crippen LogP contribution in [-0.4, -0.2) is 10.9 Å². The summed E-state index contributed by atoms with van der Waals surface area (Å²) in [6.07, 6.45) is 3.85. The number of carbonyl (C=O) groups is 1. The summed E-state index contributed by atoms with van der Waals surface area (Å²) in [6, 6.07) is 9.90. The fraction of sp³-hybridized carbons (Fsp3) is 0.143. The molecule has 0 aliphatic rings. The summed E-state index contributed by atoms with van der Waals surface area (Å²) < 4.78 is 13.3. The standard InChI is InChI=1S/C14H13FN2O/c15-13-4-2-1-3-11(13)5-6-14(18)17-12-7-9-16-10-8-12/h1-4,7-10H,5-6H2,(H,16,17,18). The fourth-order valence-corrected chi connectivity index (χ4v) is 1.61. The lowest BCUT2D eigenvalue weighted by atomic mass is 10.1. The first-order chi connectivity index (χ1) is 8.75. The van der Waals surface area contributed by atoms with Crippen molar-refractivity contribution >= 4 is 11.6 Å². The number of aromatic nitrogens is 1. The molecule has 4 heteroatoms. The minimum absolute atomic E-state index is 0.135. The van der Waals surface area contributed by atoms with E-state index in [1.807, 2.05) is 0 Å². The Labute approximate surface area is 105 Å². The van der Waals surface area contributed by atoms with E-state index in [1.165, 1.54) is 6.07 Å². The van der Waals surface area contributed by atoms with Crippen molar-refractivity contribution in [2.24, 2.45) is 0 Å². The number of nitrogens with one attached hydrogen (secondary N) is 1. The first-order valence-electron chi connectivity index (χ1n) is 5.69. The van der Waals surface area contributed by atoms with E-state index < -0.39 is 0 Å². The van der Waals surface area contributed by atoms with Gasteiger partial charge in [0.2, 0.25) is 5.91 Å². The summed E-state index contributed by atoms with van der Waals surface area (Å²) in [5.74, 6) is -0.404. The van der Waals surface area contributed by atoms with Crippen LogP contribution < -0.4 is 5.32 Å². The van der Waals surface area contributed by atoms with E-state index in [0.29, 0.717) is 17.7 Å². The molecule has 3 nitrogen and oxygen atoms in total. The Hall–Kier alpha value is -2.23. The normalized spacial score (nSPS) is 10.1. The highest BCUT2D eigenvalue weighted by Crippen LogP contribution is 2.10. The molecule has 1 amide bonds. The number of carbonyl (C=O) groups excluding carboxylic acids is 1. The third-order valence-electron chi connectivity index (χ3n) is 2.54. The van der Waals surface area contributed by atoms with Crippen LogP contribution in [0.15, 0.2) is 48.8 Å². The van der Waals surface area contributed by atoms with Crippen LogP contribution in [0.3, 0.4) is 0 Å². The lowest BCUT2D eigenvalue weighted by Crippen LogP contribution is -2.12. The van der Waals surface area contributed by atoms with Gasteiger partial charge in [-0.1, -0.05) is 18.2 Å². The molecule has 0 radical (unpaired) electrons. The molecule has 1 aromatic carbocycles. The smallest absolute Gasteiger partial charge is 0.224 e. The van der Waals surface area contributed by atoms with Crippen LogP contribution in [0.4, 0.5) is 10.1 Å². The quantitative estimate of drug-likeness (QED) is 0.898. The van der Waals surface area contributed by atoms with Crippen LogP contribution in [0.5, 0.6) is 0 Å².